The van der Waals surface area contributed by atoms with Crippen molar-refractivity contribution in [3.05, 3.63) is 35.1 Å². The Labute approximate surface area is 101 Å². The van der Waals surface area contributed by atoms with Crippen LogP contribution in [-0.4, -0.2) is 11.1 Å². The molecule has 0 spiro atoms. The molecule has 94 valence electrons. The molecule has 0 amide bonds. The van der Waals surface area contributed by atoms with Crippen LogP contribution in [0.1, 0.15) is 37.3 Å². The number of hydrogen-bond acceptors (Lipinski definition) is 1. The highest BCUT2D eigenvalue weighted by Crippen LogP contribution is 2.18. The third-order valence-electron chi connectivity index (χ3n) is 2.96. The molecule has 0 aliphatic rings. The van der Waals surface area contributed by atoms with Crippen molar-refractivity contribution in [1.29, 1.82) is 0 Å². The van der Waals surface area contributed by atoms with Crippen molar-refractivity contribution >= 4 is 5.97 Å². The Bertz CT molecular complexity index is 388. The summed E-state index contributed by atoms with van der Waals surface area (Å²) in [6.07, 6.45) is 3.07. The molecule has 0 fully saturated rings. The van der Waals surface area contributed by atoms with E-state index in [1.807, 2.05) is 6.92 Å². The molecule has 0 radical (unpaired) electrons. The number of aliphatic carboxylic acids is 1. The number of benzene rings is 1. The van der Waals surface area contributed by atoms with Gasteiger partial charge in [0.15, 0.2) is 0 Å². The predicted molar refractivity (Wildman–Crippen MR) is 65.5 cm³/mol. The van der Waals surface area contributed by atoms with Gasteiger partial charge in [0.25, 0.3) is 0 Å². The molecule has 0 saturated carbocycles. The molecule has 1 rings (SSSR count). The summed E-state index contributed by atoms with van der Waals surface area (Å²) in [7, 11) is 0. The second-order valence-corrected chi connectivity index (χ2v) is 4.47. The van der Waals surface area contributed by atoms with Gasteiger partial charge in [0.05, 0.1) is 5.92 Å². The summed E-state index contributed by atoms with van der Waals surface area (Å²) < 4.78 is 13.1. The lowest BCUT2D eigenvalue weighted by Crippen LogP contribution is -2.16. The molecule has 3 heteroatoms. The monoisotopic (exact) mass is 238 g/mol. The molecular formula is C14H19FO2. The van der Waals surface area contributed by atoms with E-state index in [2.05, 4.69) is 0 Å². The second-order valence-electron chi connectivity index (χ2n) is 4.47. The van der Waals surface area contributed by atoms with E-state index in [9.17, 15) is 9.18 Å². The maximum absolute atomic E-state index is 13.1. The molecule has 1 aromatic carbocycles. The van der Waals surface area contributed by atoms with Gasteiger partial charge in [-0.2, -0.15) is 0 Å². The van der Waals surface area contributed by atoms with Crippen molar-refractivity contribution in [2.24, 2.45) is 5.92 Å². The average Bonchev–Trinajstić information content (AvgIpc) is 2.28. The van der Waals surface area contributed by atoms with Crippen molar-refractivity contribution in [2.45, 2.75) is 39.5 Å². The fourth-order valence-corrected chi connectivity index (χ4v) is 1.88. The number of carboxylic acid groups (broad SMARTS) is 1. The molecule has 0 saturated heterocycles. The number of rotatable bonds is 6. The molecule has 1 N–H and O–H groups in total. The zero-order valence-electron chi connectivity index (χ0n) is 10.4. The fourth-order valence-electron chi connectivity index (χ4n) is 1.88. The Kier molecular flexibility index (Phi) is 5.13. The van der Waals surface area contributed by atoms with E-state index in [0.29, 0.717) is 18.4 Å². The van der Waals surface area contributed by atoms with Crippen molar-refractivity contribution in [3.8, 4) is 0 Å². The SMILES string of the molecule is CCCC[C@@H](Cc1ccc(F)c(C)c1)C(=O)O. The van der Waals surface area contributed by atoms with E-state index < -0.39 is 5.97 Å². The Morgan fingerprint density at radius 2 is 2.18 bits per heavy atom. The van der Waals surface area contributed by atoms with Gasteiger partial charge in [-0.15, -0.1) is 0 Å². The number of hydrogen-bond donors (Lipinski definition) is 1. The van der Waals surface area contributed by atoms with Gasteiger partial charge >= 0.3 is 5.97 Å². The van der Waals surface area contributed by atoms with E-state index in [0.717, 1.165) is 18.4 Å². The van der Waals surface area contributed by atoms with Crippen LogP contribution < -0.4 is 0 Å². The molecule has 1 atom stereocenters. The maximum atomic E-state index is 13.1. The van der Waals surface area contributed by atoms with E-state index in [-0.39, 0.29) is 11.7 Å². The Balaban J connectivity index is 2.71. The van der Waals surface area contributed by atoms with E-state index in [1.54, 1.807) is 19.1 Å². The number of carboxylic acids is 1. The first-order chi connectivity index (χ1) is 8.04. The van der Waals surface area contributed by atoms with Gasteiger partial charge in [-0.05, 0) is 37.0 Å². The molecule has 0 aliphatic carbocycles. The topological polar surface area (TPSA) is 37.3 Å². The van der Waals surface area contributed by atoms with Gasteiger partial charge in [0, 0.05) is 0 Å². The lowest BCUT2D eigenvalue weighted by Gasteiger charge is -2.12. The molecular weight excluding hydrogens is 219 g/mol. The van der Waals surface area contributed by atoms with Crippen LogP contribution >= 0.6 is 0 Å². The number of carbonyl (C=O) groups is 1. The van der Waals surface area contributed by atoms with E-state index in [1.165, 1.54) is 6.07 Å². The summed E-state index contributed by atoms with van der Waals surface area (Å²) in [6.45, 7) is 3.74. The van der Waals surface area contributed by atoms with E-state index >= 15 is 0 Å². The number of unbranched alkanes of at least 4 members (excludes halogenated alkanes) is 1. The smallest absolute Gasteiger partial charge is 0.306 e. The van der Waals surface area contributed by atoms with Crippen LogP contribution in [0.25, 0.3) is 0 Å². The summed E-state index contributed by atoms with van der Waals surface area (Å²) in [5, 5.41) is 9.11. The third kappa shape index (κ3) is 4.17. The summed E-state index contributed by atoms with van der Waals surface area (Å²) in [5.41, 5.74) is 1.47. The number of aryl methyl sites for hydroxylation is 1. The van der Waals surface area contributed by atoms with Gasteiger partial charge in [-0.3, -0.25) is 4.79 Å². The maximum Gasteiger partial charge on any atom is 0.306 e. The van der Waals surface area contributed by atoms with Crippen molar-refractivity contribution in [1.82, 2.24) is 0 Å². The molecule has 1 aromatic rings. The van der Waals surface area contributed by atoms with Crippen LogP contribution in [0.5, 0.6) is 0 Å². The minimum Gasteiger partial charge on any atom is -0.481 e. The normalized spacial score (nSPS) is 12.4. The molecule has 17 heavy (non-hydrogen) atoms. The summed E-state index contributed by atoms with van der Waals surface area (Å²) in [5.74, 6) is -1.37. The quantitative estimate of drug-likeness (QED) is 0.822. The first-order valence-corrected chi connectivity index (χ1v) is 6.02. The predicted octanol–water partition coefficient (Wildman–Crippen LogP) is 3.57. The zero-order valence-corrected chi connectivity index (χ0v) is 10.4. The summed E-state index contributed by atoms with van der Waals surface area (Å²) >= 11 is 0. The average molecular weight is 238 g/mol. The van der Waals surface area contributed by atoms with Gasteiger partial charge in [0.1, 0.15) is 5.82 Å². The Hall–Kier alpha value is -1.38. The van der Waals surface area contributed by atoms with E-state index in [4.69, 9.17) is 5.11 Å². The van der Waals surface area contributed by atoms with Crippen molar-refractivity contribution in [3.63, 3.8) is 0 Å². The van der Waals surface area contributed by atoms with Crippen LogP contribution in [0.2, 0.25) is 0 Å². The van der Waals surface area contributed by atoms with Crippen LogP contribution in [0.4, 0.5) is 4.39 Å². The second kappa shape index (κ2) is 6.38. The molecule has 0 unspecified atom stereocenters. The highest BCUT2D eigenvalue weighted by atomic mass is 19.1. The molecule has 0 bridgehead atoms. The standard InChI is InChI=1S/C14H19FO2/c1-3-4-5-12(14(16)17)9-11-6-7-13(15)10(2)8-11/h6-8,12H,3-5,9H2,1-2H3,(H,16,17)/t12-/m0/s1. The Morgan fingerprint density at radius 3 is 2.71 bits per heavy atom. The van der Waals surface area contributed by atoms with Gasteiger partial charge in [-0.1, -0.05) is 31.9 Å². The molecule has 0 heterocycles. The minimum atomic E-state index is -0.763. The summed E-state index contributed by atoms with van der Waals surface area (Å²) in [6, 6.07) is 4.81. The van der Waals surface area contributed by atoms with Gasteiger partial charge < -0.3 is 5.11 Å². The lowest BCUT2D eigenvalue weighted by atomic mass is 9.93. The van der Waals surface area contributed by atoms with Crippen molar-refractivity contribution in [2.75, 3.05) is 0 Å². The first-order valence-electron chi connectivity index (χ1n) is 6.02. The zero-order chi connectivity index (χ0) is 12.8. The molecule has 2 nitrogen and oxygen atoms in total. The molecule has 0 aromatic heterocycles. The lowest BCUT2D eigenvalue weighted by molar-refractivity contribution is -0.141. The van der Waals surface area contributed by atoms with Gasteiger partial charge in [-0.25, -0.2) is 4.39 Å². The van der Waals surface area contributed by atoms with Crippen LogP contribution in [-0.2, 0) is 11.2 Å². The molecule has 0 aliphatic heterocycles. The third-order valence-corrected chi connectivity index (χ3v) is 2.96. The number of halogens is 1. The first kappa shape index (κ1) is 13.7. The highest BCUT2D eigenvalue weighted by molar-refractivity contribution is 5.70. The largest absolute Gasteiger partial charge is 0.481 e. The highest BCUT2D eigenvalue weighted by Gasteiger charge is 2.17. The van der Waals surface area contributed by atoms with Crippen LogP contribution in [0, 0.1) is 18.7 Å². The van der Waals surface area contributed by atoms with Crippen molar-refractivity contribution < 1.29 is 14.3 Å². The fraction of sp³-hybridized carbons (Fsp3) is 0.500. The van der Waals surface area contributed by atoms with Crippen LogP contribution in [0.15, 0.2) is 18.2 Å². The minimum absolute atomic E-state index is 0.241. The van der Waals surface area contributed by atoms with Gasteiger partial charge in [0.2, 0.25) is 0 Å². The summed E-state index contributed by atoms with van der Waals surface area (Å²) in [4.78, 5) is 11.1. The van der Waals surface area contributed by atoms with Crippen LogP contribution in [0.3, 0.4) is 0 Å². The Morgan fingerprint density at radius 1 is 1.47 bits per heavy atom.